The number of likely N-dealkylation sites (N-methyl/N-ethyl adjacent to an activating group) is 1. The first-order valence-corrected chi connectivity index (χ1v) is 17.3. The molecule has 3 aliphatic heterocycles. The standard InChI is InChI=1S/C34H41N5O6S/c1-4-45-32-29(9-7-17-35-32)34(24-31(40)38-18-15-25(16-19-38)37-22-20-36(2)21-23-37)28-8-5-6-10-30(28)39(33(34)41)46(42,43)27-13-11-26(44-3)12-14-27/h5-14,17,25H,4,15-16,18-24H2,1-3H3. The number of para-hydroxylation sites is 1. The number of benzene rings is 2. The normalized spacial score (nSPS) is 21.3. The number of methoxy groups -OCH3 is 1. The Balaban J connectivity index is 1.38. The Kier molecular flexibility index (Phi) is 9.04. The molecule has 1 unspecified atom stereocenters. The maximum atomic E-state index is 14.9. The Bertz CT molecular complexity index is 1680. The molecule has 4 heterocycles. The van der Waals surface area contributed by atoms with Crippen LogP contribution in [0.2, 0.25) is 0 Å². The predicted octanol–water partition coefficient (Wildman–Crippen LogP) is 3.14. The highest BCUT2D eigenvalue weighted by atomic mass is 32.2. The lowest BCUT2D eigenvalue weighted by molar-refractivity contribution is -0.136. The van der Waals surface area contributed by atoms with Crippen LogP contribution in [0.5, 0.6) is 11.6 Å². The second-order valence-corrected chi connectivity index (χ2v) is 13.9. The minimum absolute atomic E-state index is 0.0687. The molecule has 244 valence electrons. The van der Waals surface area contributed by atoms with E-state index < -0.39 is 21.3 Å². The summed E-state index contributed by atoms with van der Waals surface area (Å²) in [5.74, 6) is -0.271. The van der Waals surface area contributed by atoms with Crippen LogP contribution in [0.15, 0.2) is 71.8 Å². The second-order valence-electron chi connectivity index (χ2n) is 12.1. The van der Waals surface area contributed by atoms with E-state index in [-0.39, 0.29) is 35.4 Å². The van der Waals surface area contributed by atoms with Gasteiger partial charge in [-0.15, -0.1) is 0 Å². The molecular formula is C34H41N5O6S. The first-order chi connectivity index (χ1) is 22.2. The Morgan fingerprint density at radius 1 is 0.935 bits per heavy atom. The first-order valence-electron chi connectivity index (χ1n) is 15.8. The van der Waals surface area contributed by atoms with Gasteiger partial charge >= 0.3 is 0 Å². The average molecular weight is 648 g/mol. The Morgan fingerprint density at radius 3 is 2.28 bits per heavy atom. The third-order valence-electron chi connectivity index (χ3n) is 9.53. The molecule has 0 radical (unpaired) electrons. The number of hydrogen-bond acceptors (Lipinski definition) is 9. The highest BCUT2D eigenvalue weighted by Crippen LogP contribution is 2.52. The molecule has 0 spiro atoms. The monoisotopic (exact) mass is 647 g/mol. The van der Waals surface area contributed by atoms with Gasteiger partial charge in [0.25, 0.3) is 15.9 Å². The van der Waals surface area contributed by atoms with E-state index in [1.54, 1.807) is 42.6 Å². The van der Waals surface area contributed by atoms with E-state index in [4.69, 9.17) is 9.47 Å². The Labute approximate surface area is 270 Å². The van der Waals surface area contributed by atoms with Gasteiger partial charge < -0.3 is 19.3 Å². The van der Waals surface area contributed by atoms with E-state index in [0.717, 1.165) is 43.3 Å². The molecule has 11 nitrogen and oxygen atoms in total. The van der Waals surface area contributed by atoms with Crippen LogP contribution in [0.4, 0.5) is 5.69 Å². The average Bonchev–Trinajstić information content (AvgIpc) is 3.33. The minimum Gasteiger partial charge on any atom is -0.497 e. The lowest BCUT2D eigenvalue weighted by Gasteiger charge is -2.42. The van der Waals surface area contributed by atoms with E-state index in [1.165, 1.54) is 31.4 Å². The maximum absolute atomic E-state index is 14.9. The number of anilines is 1. The summed E-state index contributed by atoms with van der Waals surface area (Å²) >= 11 is 0. The summed E-state index contributed by atoms with van der Waals surface area (Å²) < 4.78 is 40.5. The predicted molar refractivity (Wildman–Crippen MR) is 174 cm³/mol. The zero-order chi connectivity index (χ0) is 32.5. The third-order valence-corrected chi connectivity index (χ3v) is 11.2. The van der Waals surface area contributed by atoms with Gasteiger partial charge in [0.1, 0.15) is 11.2 Å². The fourth-order valence-corrected chi connectivity index (χ4v) is 8.48. The summed E-state index contributed by atoms with van der Waals surface area (Å²) in [6.07, 6.45) is 3.00. The van der Waals surface area contributed by atoms with Gasteiger partial charge in [0, 0.05) is 63.5 Å². The molecule has 3 aromatic rings. The number of ether oxygens (including phenoxy) is 2. The van der Waals surface area contributed by atoms with Crippen LogP contribution in [0.3, 0.4) is 0 Å². The molecule has 2 amide bonds. The number of aromatic nitrogens is 1. The topological polar surface area (TPSA) is 113 Å². The molecule has 6 rings (SSSR count). The molecule has 2 saturated heterocycles. The molecule has 0 N–H and O–H groups in total. The minimum atomic E-state index is -4.38. The molecule has 0 bridgehead atoms. The van der Waals surface area contributed by atoms with Gasteiger partial charge in [0.15, 0.2) is 0 Å². The molecule has 3 aliphatic rings. The van der Waals surface area contributed by atoms with Crippen molar-refractivity contribution < 1.29 is 27.5 Å². The van der Waals surface area contributed by atoms with Gasteiger partial charge in [0.2, 0.25) is 11.8 Å². The van der Waals surface area contributed by atoms with Crippen molar-refractivity contribution in [1.29, 1.82) is 0 Å². The molecule has 46 heavy (non-hydrogen) atoms. The zero-order valence-corrected chi connectivity index (χ0v) is 27.4. The van der Waals surface area contributed by atoms with Crippen LogP contribution >= 0.6 is 0 Å². The molecule has 0 aliphatic carbocycles. The number of hydrogen-bond donors (Lipinski definition) is 0. The van der Waals surface area contributed by atoms with Crippen molar-refractivity contribution in [1.82, 2.24) is 19.7 Å². The lowest BCUT2D eigenvalue weighted by Crippen LogP contribution is -2.53. The number of likely N-dealkylation sites (tertiary alicyclic amines) is 1. The lowest BCUT2D eigenvalue weighted by atomic mass is 9.72. The van der Waals surface area contributed by atoms with Crippen molar-refractivity contribution in [2.75, 3.05) is 64.3 Å². The molecular weight excluding hydrogens is 606 g/mol. The van der Waals surface area contributed by atoms with Crippen molar-refractivity contribution in [3.63, 3.8) is 0 Å². The van der Waals surface area contributed by atoms with Crippen molar-refractivity contribution in [3.8, 4) is 11.6 Å². The highest BCUT2D eigenvalue weighted by molar-refractivity contribution is 7.93. The fourth-order valence-electron chi connectivity index (χ4n) is 7.00. The first kappa shape index (κ1) is 32.0. The summed E-state index contributed by atoms with van der Waals surface area (Å²) in [7, 11) is -0.749. The number of piperazine rings is 1. The summed E-state index contributed by atoms with van der Waals surface area (Å²) in [5, 5.41) is 0. The smallest absolute Gasteiger partial charge is 0.270 e. The zero-order valence-electron chi connectivity index (χ0n) is 26.6. The van der Waals surface area contributed by atoms with Gasteiger partial charge in [0.05, 0.1) is 24.3 Å². The van der Waals surface area contributed by atoms with E-state index in [2.05, 4.69) is 21.8 Å². The van der Waals surface area contributed by atoms with E-state index in [9.17, 15) is 18.0 Å². The molecule has 12 heteroatoms. The Hall–Kier alpha value is -4.00. The van der Waals surface area contributed by atoms with Crippen molar-refractivity contribution in [2.45, 2.75) is 42.5 Å². The second kappa shape index (κ2) is 13.0. The summed E-state index contributed by atoms with van der Waals surface area (Å²) in [6, 6.07) is 16.5. The molecule has 1 aromatic heterocycles. The highest BCUT2D eigenvalue weighted by Gasteiger charge is 2.58. The molecule has 1 atom stereocenters. The SMILES string of the molecule is CCOc1ncccc1C1(CC(=O)N2CCC(N3CCN(C)CC3)CC2)C(=O)N(S(=O)(=O)c2ccc(OC)cc2)c2ccccc21. The number of amides is 2. The van der Waals surface area contributed by atoms with Crippen LogP contribution in [0.1, 0.15) is 37.3 Å². The van der Waals surface area contributed by atoms with Crippen LogP contribution in [0.25, 0.3) is 0 Å². The number of carbonyl (C=O) groups excluding carboxylic acids is 2. The third kappa shape index (κ3) is 5.62. The molecule has 2 aromatic carbocycles. The van der Waals surface area contributed by atoms with Gasteiger partial charge in [-0.2, -0.15) is 0 Å². The quantitative estimate of drug-likeness (QED) is 0.346. The van der Waals surface area contributed by atoms with Crippen LogP contribution in [0, 0.1) is 0 Å². The summed E-state index contributed by atoms with van der Waals surface area (Å²) in [4.78, 5) is 40.3. The molecule has 0 saturated carbocycles. The fraction of sp³-hybridized carbons (Fsp3) is 0.441. The van der Waals surface area contributed by atoms with E-state index >= 15 is 0 Å². The largest absolute Gasteiger partial charge is 0.497 e. The van der Waals surface area contributed by atoms with Crippen molar-refractivity contribution in [3.05, 3.63) is 78.0 Å². The van der Waals surface area contributed by atoms with Crippen LogP contribution < -0.4 is 13.8 Å². The molecule has 2 fully saturated rings. The number of rotatable bonds is 9. The van der Waals surface area contributed by atoms with Gasteiger partial charge in [-0.1, -0.05) is 24.3 Å². The number of carbonyl (C=O) groups is 2. The number of piperidine rings is 1. The van der Waals surface area contributed by atoms with Gasteiger partial charge in [-0.3, -0.25) is 14.5 Å². The number of fused-ring (bicyclic) bond motifs is 1. The summed E-state index contributed by atoms with van der Waals surface area (Å²) in [6.45, 7) is 7.33. The van der Waals surface area contributed by atoms with Crippen molar-refractivity contribution >= 4 is 27.5 Å². The summed E-state index contributed by atoms with van der Waals surface area (Å²) in [5.41, 5.74) is -0.689. The van der Waals surface area contributed by atoms with Gasteiger partial charge in [-0.05, 0) is 68.8 Å². The van der Waals surface area contributed by atoms with Crippen LogP contribution in [-0.2, 0) is 25.0 Å². The van der Waals surface area contributed by atoms with E-state index in [0.29, 0.717) is 36.0 Å². The number of nitrogens with zero attached hydrogens (tertiary/aromatic N) is 5. The number of pyridine rings is 1. The maximum Gasteiger partial charge on any atom is 0.270 e. The Morgan fingerprint density at radius 2 is 1.61 bits per heavy atom. The van der Waals surface area contributed by atoms with E-state index in [1.807, 2.05) is 11.8 Å². The van der Waals surface area contributed by atoms with Crippen LogP contribution in [-0.4, -0.2) is 106 Å². The number of sulfonamides is 1. The van der Waals surface area contributed by atoms with Crippen molar-refractivity contribution in [2.24, 2.45) is 0 Å². The van der Waals surface area contributed by atoms with Gasteiger partial charge in [-0.25, -0.2) is 17.7 Å².